The first-order chi connectivity index (χ1) is 9.28. The molecule has 2 aromatic rings. The number of nitrogens with zero attached hydrogens (tertiary/aromatic N) is 2. The van der Waals surface area contributed by atoms with Crippen LogP contribution in [0.5, 0.6) is 0 Å². The van der Waals surface area contributed by atoms with Gasteiger partial charge in [-0.2, -0.15) is 0 Å². The minimum absolute atomic E-state index is 0.0650. The van der Waals surface area contributed by atoms with Crippen LogP contribution < -0.4 is 4.72 Å². The van der Waals surface area contributed by atoms with Gasteiger partial charge in [0.25, 0.3) is 10.0 Å². The van der Waals surface area contributed by atoms with Gasteiger partial charge in [0.2, 0.25) is 5.95 Å². The summed E-state index contributed by atoms with van der Waals surface area (Å²) in [5.74, 6) is -0.0650. The maximum Gasteiger partial charge on any atom is 0.265 e. The van der Waals surface area contributed by atoms with Crippen LogP contribution in [0.3, 0.4) is 0 Å². The molecule has 0 atom stereocenters. The summed E-state index contributed by atoms with van der Waals surface area (Å²) in [5.41, 5.74) is 0.567. The third-order valence-electron chi connectivity index (χ3n) is 2.23. The molecule has 0 fully saturated rings. The molecule has 0 saturated heterocycles. The summed E-state index contributed by atoms with van der Waals surface area (Å²) in [6.45, 7) is 1.70. The maximum absolute atomic E-state index is 12.3. The van der Waals surface area contributed by atoms with E-state index in [4.69, 9.17) is 11.6 Å². The summed E-state index contributed by atoms with van der Waals surface area (Å²) in [6.07, 6.45) is 0. The van der Waals surface area contributed by atoms with Crippen LogP contribution in [0.1, 0.15) is 5.69 Å². The second kappa shape index (κ2) is 5.97. The van der Waals surface area contributed by atoms with Gasteiger partial charge in [-0.25, -0.2) is 23.1 Å². The highest BCUT2D eigenvalue weighted by Gasteiger charge is 2.19. The predicted octanol–water partition coefficient (Wildman–Crippen LogP) is 3.76. The topological polar surface area (TPSA) is 72.0 Å². The van der Waals surface area contributed by atoms with Gasteiger partial charge in [-0.1, -0.05) is 27.5 Å². The van der Waals surface area contributed by atoms with E-state index in [1.165, 1.54) is 12.1 Å². The molecule has 9 heteroatoms. The molecule has 0 aliphatic rings. The minimum atomic E-state index is -3.80. The number of aryl methyl sites for hydroxylation is 1. The Morgan fingerprint density at radius 3 is 2.50 bits per heavy atom. The summed E-state index contributed by atoms with van der Waals surface area (Å²) in [4.78, 5) is 7.90. The van der Waals surface area contributed by atoms with Crippen LogP contribution in [0.25, 0.3) is 0 Å². The van der Waals surface area contributed by atoms with E-state index in [1.807, 2.05) is 0 Å². The number of rotatable bonds is 3. The molecule has 1 heterocycles. The van der Waals surface area contributed by atoms with E-state index in [9.17, 15) is 8.42 Å². The van der Waals surface area contributed by atoms with Crippen LogP contribution in [0, 0.1) is 6.92 Å². The average Bonchev–Trinajstić information content (AvgIpc) is 2.25. The lowest BCUT2D eigenvalue weighted by Gasteiger charge is -2.09. The predicted molar refractivity (Wildman–Crippen MR) is 84.4 cm³/mol. The second-order valence-electron chi connectivity index (χ2n) is 3.84. The second-order valence-corrected chi connectivity index (χ2v) is 7.64. The molecule has 0 aliphatic heterocycles. The Morgan fingerprint density at radius 2 is 1.90 bits per heavy atom. The number of halogens is 3. The fraction of sp³-hybridized carbons (Fsp3) is 0.0909. The van der Waals surface area contributed by atoms with Gasteiger partial charge in [-0.15, -0.1) is 0 Å². The van der Waals surface area contributed by atoms with Crippen molar-refractivity contribution in [1.82, 2.24) is 9.97 Å². The Hall–Kier alpha value is -0.700. The van der Waals surface area contributed by atoms with Crippen molar-refractivity contribution in [3.8, 4) is 0 Å². The normalized spacial score (nSPS) is 11.4. The molecule has 5 nitrogen and oxygen atoms in total. The van der Waals surface area contributed by atoms with Crippen LogP contribution in [0.2, 0.25) is 5.15 Å². The van der Waals surface area contributed by atoms with Gasteiger partial charge in [0.05, 0.1) is 0 Å². The molecule has 0 radical (unpaired) electrons. The summed E-state index contributed by atoms with van der Waals surface area (Å²) in [6, 6.07) is 6.27. The van der Waals surface area contributed by atoms with Crippen LogP contribution in [-0.2, 0) is 10.0 Å². The fourth-order valence-corrected chi connectivity index (χ4v) is 4.37. The van der Waals surface area contributed by atoms with E-state index in [2.05, 4.69) is 46.5 Å². The molecule has 0 bridgehead atoms. The highest BCUT2D eigenvalue weighted by molar-refractivity contribution is 9.11. The molecular weight excluding hydrogens is 433 g/mol. The van der Waals surface area contributed by atoms with Crippen LogP contribution in [0.15, 0.2) is 38.1 Å². The van der Waals surface area contributed by atoms with Crippen molar-refractivity contribution in [2.24, 2.45) is 0 Å². The highest BCUT2D eigenvalue weighted by Crippen LogP contribution is 2.27. The molecule has 106 valence electrons. The Kier molecular flexibility index (Phi) is 4.68. The number of hydrogen-bond acceptors (Lipinski definition) is 4. The highest BCUT2D eigenvalue weighted by atomic mass is 79.9. The molecule has 0 amide bonds. The largest absolute Gasteiger partial charge is 0.265 e. The van der Waals surface area contributed by atoms with E-state index in [0.29, 0.717) is 10.2 Å². The summed E-state index contributed by atoms with van der Waals surface area (Å²) in [5, 5.41) is 0.171. The molecule has 1 aromatic heterocycles. The van der Waals surface area contributed by atoms with Crippen molar-refractivity contribution in [3.63, 3.8) is 0 Å². The fourth-order valence-electron chi connectivity index (χ4n) is 1.44. The van der Waals surface area contributed by atoms with Crippen molar-refractivity contribution in [3.05, 3.63) is 44.1 Å². The van der Waals surface area contributed by atoms with Crippen molar-refractivity contribution < 1.29 is 8.42 Å². The molecule has 20 heavy (non-hydrogen) atoms. The SMILES string of the molecule is Cc1cc(Cl)nc(NS(=O)(=O)c2ccc(Br)cc2Br)n1. The number of aromatic nitrogens is 2. The van der Waals surface area contributed by atoms with Crippen molar-refractivity contribution >= 4 is 59.4 Å². The van der Waals surface area contributed by atoms with E-state index in [1.54, 1.807) is 19.1 Å². The smallest absolute Gasteiger partial charge is 0.247 e. The van der Waals surface area contributed by atoms with Gasteiger partial charge in [-0.3, -0.25) is 0 Å². The Bertz CT molecular complexity index is 748. The summed E-state index contributed by atoms with van der Waals surface area (Å²) < 4.78 is 28.0. The standard InChI is InChI=1S/C11H8Br2ClN3O2S/c1-6-4-10(14)16-11(15-6)17-20(18,19)9-3-2-7(12)5-8(9)13/h2-5H,1H3,(H,15,16,17). The van der Waals surface area contributed by atoms with E-state index < -0.39 is 10.0 Å². The Balaban J connectivity index is 2.40. The van der Waals surface area contributed by atoms with E-state index in [-0.39, 0.29) is 16.0 Å². The summed E-state index contributed by atoms with van der Waals surface area (Å²) >= 11 is 12.2. The maximum atomic E-state index is 12.3. The zero-order chi connectivity index (χ0) is 14.9. The quantitative estimate of drug-likeness (QED) is 0.736. The number of anilines is 1. The molecule has 0 aliphatic carbocycles. The first-order valence-electron chi connectivity index (χ1n) is 5.27. The van der Waals surface area contributed by atoms with Gasteiger partial charge in [0.15, 0.2) is 0 Å². The van der Waals surface area contributed by atoms with E-state index >= 15 is 0 Å². The zero-order valence-corrected chi connectivity index (χ0v) is 14.8. The molecule has 2 rings (SSSR count). The van der Waals surface area contributed by atoms with Crippen molar-refractivity contribution in [2.75, 3.05) is 4.72 Å². The average molecular weight is 442 g/mol. The Labute approximate surface area is 138 Å². The van der Waals surface area contributed by atoms with Gasteiger partial charge in [-0.05, 0) is 47.1 Å². The summed E-state index contributed by atoms with van der Waals surface area (Å²) in [7, 11) is -3.80. The molecule has 0 unspecified atom stereocenters. The molecule has 1 N–H and O–H groups in total. The first kappa shape index (κ1) is 15.7. The lowest BCUT2D eigenvalue weighted by Crippen LogP contribution is -2.16. The molecule has 0 spiro atoms. The van der Waals surface area contributed by atoms with E-state index in [0.717, 1.165) is 4.47 Å². The zero-order valence-electron chi connectivity index (χ0n) is 10.1. The van der Waals surface area contributed by atoms with Crippen LogP contribution in [-0.4, -0.2) is 18.4 Å². The van der Waals surface area contributed by atoms with Crippen LogP contribution >= 0.6 is 43.5 Å². The minimum Gasteiger partial charge on any atom is -0.247 e. The third kappa shape index (κ3) is 3.69. The molecule has 1 aromatic carbocycles. The Morgan fingerprint density at radius 1 is 1.20 bits per heavy atom. The number of sulfonamides is 1. The van der Waals surface area contributed by atoms with Gasteiger partial charge in [0.1, 0.15) is 10.0 Å². The third-order valence-corrected chi connectivity index (χ3v) is 5.22. The van der Waals surface area contributed by atoms with Gasteiger partial charge in [0, 0.05) is 14.6 Å². The van der Waals surface area contributed by atoms with Gasteiger partial charge < -0.3 is 0 Å². The molecular formula is C11H8Br2ClN3O2S. The number of benzene rings is 1. The first-order valence-corrected chi connectivity index (χ1v) is 8.72. The van der Waals surface area contributed by atoms with Crippen molar-refractivity contribution in [1.29, 1.82) is 0 Å². The van der Waals surface area contributed by atoms with Crippen LogP contribution in [0.4, 0.5) is 5.95 Å². The monoisotopic (exact) mass is 439 g/mol. The number of hydrogen-bond donors (Lipinski definition) is 1. The lowest BCUT2D eigenvalue weighted by molar-refractivity contribution is 0.600. The van der Waals surface area contributed by atoms with Crippen molar-refractivity contribution in [2.45, 2.75) is 11.8 Å². The number of nitrogens with one attached hydrogen (secondary N) is 1. The van der Waals surface area contributed by atoms with Gasteiger partial charge >= 0.3 is 0 Å². The lowest BCUT2D eigenvalue weighted by atomic mass is 10.4. The molecule has 0 saturated carbocycles.